The van der Waals surface area contributed by atoms with E-state index in [1.165, 1.54) is 10.5 Å². The second kappa shape index (κ2) is 25.9. The van der Waals surface area contributed by atoms with Crippen LogP contribution in [0.3, 0.4) is 0 Å². The molecule has 1 fully saturated rings. The number of fused-ring (bicyclic) bond motifs is 2. The predicted octanol–water partition coefficient (Wildman–Crippen LogP) is 5.53. The monoisotopic (exact) mass is 1080 g/mol. The number of likely N-dealkylation sites (tertiary alicyclic amines) is 1. The van der Waals surface area contributed by atoms with E-state index < -0.39 is 71.0 Å². The molecule has 0 aromatic heterocycles. The highest BCUT2D eigenvalue weighted by Gasteiger charge is 2.47. The van der Waals surface area contributed by atoms with Crippen LogP contribution in [0.1, 0.15) is 130 Å². The second-order valence-corrected chi connectivity index (χ2v) is 23.7. The SMILES string of the molecule is CN[C@@H](C)C(=O)N[C@H](C(=O)N1C[C@@H](NC(=O)c2cccc(CN(C(=O)[C@@H]3Cc4ccccc4CN3C(=O)[C@@H](NC(=O)[C@H](C)NC)C(C)(C)C)[C@@H](COC)c3ccccc3)c2)C[C@H]1C(=O)N[C@@H]1CCCc2ccccc21)C(C)(C)C. The number of methoxy groups -OCH3 is 1. The molecule has 4 aromatic rings. The van der Waals surface area contributed by atoms with Crippen LogP contribution in [0.5, 0.6) is 0 Å². The third kappa shape index (κ3) is 14.3. The van der Waals surface area contributed by atoms with Gasteiger partial charge in [0.1, 0.15) is 24.2 Å². The number of hydrogen-bond donors (Lipinski definition) is 6. The number of carbonyl (C=O) groups is 7. The van der Waals surface area contributed by atoms with Gasteiger partial charge in [-0.25, -0.2) is 0 Å². The van der Waals surface area contributed by atoms with Gasteiger partial charge in [-0.2, -0.15) is 0 Å². The normalized spacial score (nSPS) is 20.0. The minimum atomic E-state index is -0.988. The maximum absolute atomic E-state index is 15.8. The van der Waals surface area contributed by atoms with E-state index in [9.17, 15) is 24.0 Å². The lowest BCUT2D eigenvalue weighted by atomic mass is 9.84. The zero-order valence-corrected chi connectivity index (χ0v) is 48.0. The van der Waals surface area contributed by atoms with Crippen molar-refractivity contribution < 1.29 is 38.3 Å². The van der Waals surface area contributed by atoms with Crippen molar-refractivity contribution in [1.29, 1.82) is 0 Å². The maximum atomic E-state index is 15.8. The van der Waals surface area contributed by atoms with E-state index in [0.717, 1.165) is 41.5 Å². The Bertz CT molecular complexity index is 2830. The molecule has 0 saturated carbocycles. The summed E-state index contributed by atoms with van der Waals surface area (Å²) in [6.07, 6.45) is 2.88. The third-order valence-corrected chi connectivity index (χ3v) is 15.9. The minimum Gasteiger partial charge on any atom is -0.382 e. The van der Waals surface area contributed by atoms with Gasteiger partial charge in [-0.05, 0) is 110 Å². The van der Waals surface area contributed by atoms with Gasteiger partial charge in [0.15, 0.2) is 0 Å². The lowest BCUT2D eigenvalue weighted by Crippen LogP contribution is -2.62. The quantitative estimate of drug-likeness (QED) is 0.0692. The van der Waals surface area contributed by atoms with Crippen molar-refractivity contribution in [2.45, 2.75) is 155 Å². The molecule has 1 aliphatic carbocycles. The number of hydrogen-bond acceptors (Lipinski definition) is 10. The standard InChI is InChI=1S/C62H83N9O8/c1-38(63-9)54(72)67-52(61(3,4)5)59(77)70-35-45-26-16-15-25-43(45)32-50(70)58(76)69(51(37-79-11)42-23-13-12-14-24-42)34-40-21-19-28-44(31-40)56(74)65-46-33-49(57(75)66-48-30-20-27-41-22-17-18-29-47(41)48)71(36-46)60(78)53(62(6,7)8)68-55(73)39(2)64-10/h12-19,21-26,28-29,31,38-39,46,48-53,63-64H,20,27,30,32-37H2,1-11H3,(H,65,74)(H,66,75)(H,67,72)(H,68,73)/t38-,39-,46-,48+,49-,50-,51-,52+,53+/m0/s1. The molecule has 6 N–H and O–H groups in total. The van der Waals surface area contributed by atoms with Crippen LogP contribution in [0.25, 0.3) is 0 Å². The van der Waals surface area contributed by atoms with E-state index in [1.807, 2.05) is 120 Å². The summed E-state index contributed by atoms with van der Waals surface area (Å²) in [5.41, 5.74) is 4.31. The van der Waals surface area contributed by atoms with Crippen LogP contribution in [0.2, 0.25) is 0 Å². The van der Waals surface area contributed by atoms with Gasteiger partial charge in [0.05, 0.1) is 30.8 Å². The van der Waals surface area contributed by atoms with Gasteiger partial charge < -0.3 is 51.3 Å². The van der Waals surface area contributed by atoms with E-state index in [0.29, 0.717) is 11.1 Å². The average Bonchev–Trinajstić information content (AvgIpc) is 3.98. The lowest BCUT2D eigenvalue weighted by molar-refractivity contribution is -0.153. The van der Waals surface area contributed by atoms with Crippen molar-refractivity contribution in [3.63, 3.8) is 0 Å². The number of ether oxygens (including phenoxy) is 1. The molecule has 17 heteroatoms. The number of carbonyl (C=O) groups excluding carboxylic acids is 7. The minimum absolute atomic E-state index is 0.0136. The molecule has 4 aromatic carbocycles. The molecule has 1 saturated heterocycles. The summed E-state index contributed by atoms with van der Waals surface area (Å²) in [5, 5.41) is 18.2. The average molecular weight is 1080 g/mol. The Labute approximate surface area is 466 Å². The molecule has 2 heterocycles. The Kier molecular flexibility index (Phi) is 19.6. The molecule has 424 valence electrons. The van der Waals surface area contributed by atoms with E-state index in [2.05, 4.69) is 38.0 Å². The molecule has 3 aliphatic rings. The molecule has 17 nitrogen and oxygen atoms in total. The number of rotatable bonds is 19. The van der Waals surface area contributed by atoms with Crippen LogP contribution in [-0.2, 0) is 59.4 Å². The van der Waals surface area contributed by atoms with Crippen molar-refractivity contribution in [1.82, 2.24) is 46.6 Å². The Hall–Kier alpha value is -6.95. The summed E-state index contributed by atoms with van der Waals surface area (Å²) in [6, 6.07) is 25.8. The van der Waals surface area contributed by atoms with Crippen molar-refractivity contribution in [2.24, 2.45) is 10.8 Å². The molecule has 9 atom stereocenters. The highest BCUT2D eigenvalue weighted by atomic mass is 16.5. The Morgan fingerprint density at radius 3 is 1.87 bits per heavy atom. The van der Waals surface area contributed by atoms with Gasteiger partial charge in [0, 0.05) is 44.8 Å². The molecule has 79 heavy (non-hydrogen) atoms. The number of amides is 7. The Morgan fingerprint density at radius 2 is 1.27 bits per heavy atom. The van der Waals surface area contributed by atoms with Crippen LogP contribution >= 0.6 is 0 Å². The van der Waals surface area contributed by atoms with Gasteiger partial charge in [0.2, 0.25) is 35.4 Å². The first-order chi connectivity index (χ1) is 37.5. The molecule has 0 unspecified atom stereocenters. The first kappa shape index (κ1) is 59.7. The molecular weight excluding hydrogens is 999 g/mol. The molecule has 0 radical (unpaired) electrons. The number of benzene rings is 4. The topological polar surface area (TPSA) is 211 Å². The van der Waals surface area contributed by atoms with Gasteiger partial charge in [-0.3, -0.25) is 33.6 Å². The molecule has 7 amide bonds. The molecule has 0 bridgehead atoms. The van der Waals surface area contributed by atoms with E-state index in [4.69, 9.17) is 4.74 Å². The van der Waals surface area contributed by atoms with Crippen LogP contribution in [-0.4, -0.2) is 133 Å². The predicted molar refractivity (Wildman–Crippen MR) is 304 cm³/mol. The largest absolute Gasteiger partial charge is 0.382 e. The molecular formula is C62H83N9O8. The van der Waals surface area contributed by atoms with Gasteiger partial charge in [-0.1, -0.05) is 133 Å². The summed E-state index contributed by atoms with van der Waals surface area (Å²) in [7, 11) is 4.91. The van der Waals surface area contributed by atoms with Crippen LogP contribution in [0, 0.1) is 10.8 Å². The maximum Gasteiger partial charge on any atom is 0.251 e. The summed E-state index contributed by atoms with van der Waals surface area (Å²) in [5.74, 6) is -2.63. The van der Waals surface area contributed by atoms with Gasteiger partial charge in [-0.15, -0.1) is 0 Å². The van der Waals surface area contributed by atoms with Gasteiger partial charge in [0.25, 0.3) is 5.91 Å². The highest BCUT2D eigenvalue weighted by Crippen LogP contribution is 2.34. The Morgan fingerprint density at radius 1 is 0.684 bits per heavy atom. The second-order valence-electron chi connectivity index (χ2n) is 23.7. The van der Waals surface area contributed by atoms with Crippen molar-refractivity contribution in [3.05, 3.63) is 142 Å². The number of nitrogens with zero attached hydrogens (tertiary/aromatic N) is 3. The van der Waals surface area contributed by atoms with E-state index >= 15 is 9.59 Å². The summed E-state index contributed by atoms with van der Waals surface area (Å²) >= 11 is 0. The fourth-order valence-electron chi connectivity index (χ4n) is 11.0. The lowest BCUT2D eigenvalue weighted by Gasteiger charge is -2.44. The summed E-state index contributed by atoms with van der Waals surface area (Å²) in [4.78, 5) is 107. The van der Waals surface area contributed by atoms with E-state index in [-0.39, 0.29) is 74.7 Å². The summed E-state index contributed by atoms with van der Waals surface area (Å²) < 4.78 is 5.85. The molecule has 2 aliphatic heterocycles. The van der Waals surface area contributed by atoms with Crippen molar-refractivity contribution in [2.75, 3.05) is 34.4 Å². The van der Waals surface area contributed by atoms with Gasteiger partial charge >= 0.3 is 0 Å². The number of aryl methyl sites for hydroxylation is 1. The van der Waals surface area contributed by atoms with Crippen molar-refractivity contribution in [3.8, 4) is 0 Å². The fourth-order valence-corrected chi connectivity index (χ4v) is 11.0. The summed E-state index contributed by atoms with van der Waals surface area (Å²) in [6.45, 7) is 15.0. The highest BCUT2D eigenvalue weighted by molar-refractivity contribution is 5.97. The first-order valence-corrected chi connectivity index (χ1v) is 27.8. The van der Waals surface area contributed by atoms with Crippen LogP contribution in [0.4, 0.5) is 0 Å². The fraction of sp³-hybridized carbons (Fsp3) is 0.500. The third-order valence-electron chi connectivity index (χ3n) is 15.9. The number of likely N-dealkylation sites (N-methyl/N-ethyl adjacent to an activating group) is 2. The zero-order chi connectivity index (χ0) is 57.3. The Balaban J connectivity index is 1.19. The van der Waals surface area contributed by atoms with Crippen LogP contribution in [0.15, 0.2) is 103 Å². The molecule has 0 spiro atoms. The zero-order valence-electron chi connectivity index (χ0n) is 48.0. The smallest absolute Gasteiger partial charge is 0.251 e. The number of nitrogens with one attached hydrogen (secondary N) is 6. The van der Waals surface area contributed by atoms with Crippen LogP contribution < -0.4 is 31.9 Å². The van der Waals surface area contributed by atoms with E-state index in [1.54, 1.807) is 63.1 Å². The molecule has 7 rings (SSSR count). The van der Waals surface area contributed by atoms with Crippen molar-refractivity contribution >= 4 is 41.4 Å². The first-order valence-electron chi connectivity index (χ1n) is 27.8.